The smallest absolute Gasteiger partial charge is 0.149 e. The van der Waals surface area contributed by atoms with Gasteiger partial charge in [0.25, 0.3) is 0 Å². The Labute approximate surface area is 130 Å². The fraction of sp³-hybridized carbons (Fsp3) is 0.600. The minimum absolute atomic E-state index is 0.170. The Morgan fingerprint density at radius 1 is 1.10 bits per heavy atom. The summed E-state index contributed by atoms with van der Waals surface area (Å²) in [6.45, 7) is 11.4. The van der Waals surface area contributed by atoms with Crippen molar-refractivity contribution in [3.05, 3.63) is 22.5 Å². The zero-order valence-electron chi connectivity index (χ0n) is 13.4. The summed E-state index contributed by atoms with van der Waals surface area (Å²) in [6.07, 6.45) is 2.02. The third-order valence-electron chi connectivity index (χ3n) is 3.02. The third-order valence-corrected chi connectivity index (χ3v) is 4.04. The molecular weight excluding hydrogens is 282 g/mol. The van der Waals surface area contributed by atoms with Crippen LogP contribution in [0.15, 0.2) is 6.07 Å². The van der Waals surface area contributed by atoms with Crippen molar-refractivity contribution in [2.45, 2.75) is 53.0 Å². The molecular formula is C15H23N5S. The standard InChI is InChI=1S/C15H23N5S/c1-10-9-12(11(2)18-17-10)14-20-19-13(21-14)7-6-8-16-15(3,4)5/h9,16H,6-8H2,1-5H3. The lowest BCUT2D eigenvalue weighted by atomic mass is 10.1. The number of rotatable bonds is 5. The number of aryl methyl sites for hydroxylation is 3. The van der Waals surface area contributed by atoms with Gasteiger partial charge < -0.3 is 5.32 Å². The van der Waals surface area contributed by atoms with Gasteiger partial charge in [-0.25, -0.2) is 0 Å². The molecule has 0 amide bonds. The summed E-state index contributed by atoms with van der Waals surface area (Å²) in [5, 5.41) is 22.3. The molecule has 2 aromatic rings. The Hall–Kier alpha value is -1.40. The molecule has 0 saturated carbocycles. The van der Waals surface area contributed by atoms with Crippen molar-refractivity contribution in [1.82, 2.24) is 25.7 Å². The monoisotopic (exact) mass is 305 g/mol. The summed E-state index contributed by atoms with van der Waals surface area (Å²) in [4.78, 5) is 0. The van der Waals surface area contributed by atoms with E-state index in [9.17, 15) is 0 Å². The van der Waals surface area contributed by atoms with E-state index in [4.69, 9.17) is 0 Å². The molecule has 0 atom stereocenters. The molecule has 0 saturated heterocycles. The van der Waals surface area contributed by atoms with Crippen LogP contribution >= 0.6 is 11.3 Å². The Morgan fingerprint density at radius 2 is 1.86 bits per heavy atom. The van der Waals surface area contributed by atoms with E-state index in [-0.39, 0.29) is 5.54 Å². The van der Waals surface area contributed by atoms with Crippen LogP contribution in [0.1, 0.15) is 43.6 Å². The fourth-order valence-electron chi connectivity index (χ4n) is 1.93. The zero-order chi connectivity index (χ0) is 15.5. The number of aromatic nitrogens is 4. The van der Waals surface area contributed by atoms with Crippen LogP contribution in [0.3, 0.4) is 0 Å². The first-order chi connectivity index (χ1) is 9.85. The van der Waals surface area contributed by atoms with Crippen LogP contribution in [0.4, 0.5) is 0 Å². The summed E-state index contributed by atoms with van der Waals surface area (Å²) in [5.74, 6) is 0. The lowest BCUT2D eigenvalue weighted by molar-refractivity contribution is 0.422. The van der Waals surface area contributed by atoms with Gasteiger partial charge in [-0.15, -0.1) is 10.2 Å². The number of nitrogens with one attached hydrogen (secondary N) is 1. The lowest BCUT2D eigenvalue weighted by Crippen LogP contribution is -2.36. The van der Waals surface area contributed by atoms with Crippen molar-refractivity contribution in [1.29, 1.82) is 0 Å². The van der Waals surface area contributed by atoms with Gasteiger partial charge in [0.15, 0.2) is 0 Å². The topological polar surface area (TPSA) is 63.6 Å². The molecule has 6 heteroatoms. The van der Waals surface area contributed by atoms with Crippen molar-refractivity contribution in [3.8, 4) is 10.6 Å². The van der Waals surface area contributed by atoms with Gasteiger partial charge in [0.05, 0.1) is 11.4 Å². The van der Waals surface area contributed by atoms with E-state index < -0.39 is 0 Å². The molecule has 0 aromatic carbocycles. The molecule has 1 N–H and O–H groups in total. The van der Waals surface area contributed by atoms with Crippen molar-refractivity contribution >= 4 is 11.3 Å². The highest BCUT2D eigenvalue weighted by atomic mass is 32.1. The summed E-state index contributed by atoms with van der Waals surface area (Å²) < 4.78 is 0. The van der Waals surface area contributed by atoms with Crippen molar-refractivity contribution < 1.29 is 0 Å². The summed E-state index contributed by atoms with van der Waals surface area (Å²) >= 11 is 1.65. The van der Waals surface area contributed by atoms with Crippen LogP contribution in [0.25, 0.3) is 10.6 Å². The SMILES string of the molecule is Cc1cc(-c2nnc(CCCNC(C)(C)C)s2)c(C)nn1. The van der Waals surface area contributed by atoms with Crippen LogP contribution in [-0.4, -0.2) is 32.5 Å². The molecule has 0 radical (unpaired) electrons. The maximum atomic E-state index is 4.30. The molecule has 114 valence electrons. The van der Waals surface area contributed by atoms with Gasteiger partial charge in [-0.05, 0) is 53.7 Å². The van der Waals surface area contributed by atoms with Crippen LogP contribution in [0.2, 0.25) is 0 Å². The van der Waals surface area contributed by atoms with E-state index in [0.717, 1.165) is 46.4 Å². The Balaban J connectivity index is 1.97. The molecule has 21 heavy (non-hydrogen) atoms. The molecule has 5 nitrogen and oxygen atoms in total. The number of hydrogen-bond donors (Lipinski definition) is 1. The lowest BCUT2D eigenvalue weighted by Gasteiger charge is -2.20. The molecule has 2 rings (SSSR count). The first-order valence-electron chi connectivity index (χ1n) is 7.24. The predicted octanol–water partition coefficient (Wildman–Crippen LogP) is 2.93. The molecule has 0 bridgehead atoms. The van der Waals surface area contributed by atoms with Crippen LogP contribution in [0, 0.1) is 13.8 Å². The van der Waals surface area contributed by atoms with Gasteiger partial charge in [0.1, 0.15) is 10.0 Å². The Morgan fingerprint density at radius 3 is 2.57 bits per heavy atom. The minimum Gasteiger partial charge on any atom is -0.312 e. The Kier molecular flexibility index (Phi) is 5.00. The quantitative estimate of drug-likeness (QED) is 0.861. The van der Waals surface area contributed by atoms with Gasteiger partial charge >= 0.3 is 0 Å². The highest BCUT2D eigenvalue weighted by Gasteiger charge is 2.12. The number of nitrogens with zero attached hydrogens (tertiary/aromatic N) is 4. The third kappa shape index (κ3) is 4.82. The highest BCUT2D eigenvalue weighted by Crippen LogP contribution is 2.26. The summed E-state index contributed by atoms with van der Waals surface area (Å²) in [5.41, 5.74) is 3.02. The van der Waals surface area contributed by atoms with Crippen LogP contribution in [0.5, 0.6) is 0 Å². The van der Waals surface area contributed by atoms with Crippen LogP contribution in [-0.2, 0) is 6.42 Å². The average molecular weight is 305 g/mol. The second-order valence-electron chi connectivity index (χ2n) is 6.27. The van der Waals surface area contributed by atoms with Crippen LogP contribution < -0.4 is 5.32 Å². The molecule has 0 aliphatic heterocycles. The zero-order valence-corrected chi connectivity index (χ0v) is 14.2. The van der Waals surface area contributed by atoms with E-state index in [1.54, 1.807) is 11.3 Å². The van der Waals surface area contributed by atoms with E-state index in [1.165, 1.54) is 0 Å². The largest absolute Gasteiger partial charge is 0.312 e. The average Bonchev–Trinajstić information content (AvgIpc) is 2.85. The van der Waals surface area contributed by atoms with Crippen molar-refractivity contribution in [2.75, 3.05) is 6.54 Å². The van der Waals surface area contributed by atoms with Crippen molar-refractivity contribution in [2.24, 2.45) is 0 Å². The van der Waals surface area contributed by atoms with E-state index in [1.807, 2.05) is 19.9 Å². The maximum absolute atomic E-state index is 4.30. The van der Waals surface area contributed by atoms with Crippen molar-refractivity contribution in [3.63, 3.8) is 0 Å². The summed E-state index contributed by atoms with van der Waals surface area (Å²) in [6, 6.07) is 2.02. The predicted molar refractivity (Wildman–Crippen MR) is 86.5 cm³/mol. The first-order valence-corrected chi connectivity index (χ1v) is 8.05. The highest BCUT2D eigenvalue weighted by molar-refractivity contribution is 7.14. The molecule has 2 aromatic heterocycles. The second kappa shape index (κ2) is 6.58. The van der Waals surface area contributed by atoms with E-state index >= 15 is 0 Å². The van der Waals surface area contributed by atoms with Gasteiger partial charge in [0.2, 0.25) is 0 Å². The van der Waals surface area contributed by atoms with Gasteiger partial charge in [-0.3, -0.25) is 0 Å². The molecule has 0 aliphatic rings. The van der Waals surface area contributed by atoms with Gasteiger partial charge in [-0.1, -0.05) is 11.3 Å². The molecule has 2 heterocycles. The maximum Gasteiger partial charge on any atom is 0.149 e. The van der Waals surface area contributed by atoms with Gasteiger partial charge in [0, 0.05) is 17.5 Å². The molecule has 0 fully saturated rings. The normalized spacial score (nSPS) is 11.9. The van der Waals surface area contributed by atoms with E-state index in [2.05, 4.69) is 46.5 Å². The molecule has 0 aliphatic carbocycles. The first kappa shape index (κ1) is 16.0. The Bertz CT molecular complexity index is 600. The fourth-order valence-corrected chi connectivity index (χ4v) is 2.88. The summed E-state index contributed by atoms with van der Waals surface area (Å²) in [7, 11) is 0. The minimum atomic E-state index is 0.170. The van der Waals surface area contributed by atoms with E-state index in [0.29, 0.717) is 0 Å². The second-order valence-corrected chi connectivity index (χ2v) is 7.33. The molecule has 0 spiro atoms. The molecule has 0 unspecified atom stereocenters. The van der Waals surface area contributed by atoms with Gasteiger partial charge in [-0.2, -0.15) is 10.2 Å². The number of hydrogen-bond acceptors (Lipinski definition) is 6.